The Morgan fingerprint density at radius 3 is 2.75 bits per heavy atom. The normalized spacial score (nSPS) is 11.0. The van der Waals surface area contributed by atoms with Crippen LogP contribution in [-0.2, 0) is 11.3 Å². The van der Waals surface area contributed by atoms with Gasteiger partial charge in [-0.2, -0.15) is 0 Å². The Morgan fingerprint density at radius 2 is 2.10 bits per heavy atom. The lowest BCUT2D eigenvalue weighted by Crippen LogP contribution is -2.32. The minimum atomic E-state index is -0.488. The average molecular weight is 280 g/mol. The van der Waals surface area contributed by atoms with Crippen LogP contribution in [0.5, 0.6) is 0 Å². The summed E-state index contributed by atoms with van der Waals surface area (Å²) in [6.07, 6.45) is 0.288. The van der Waals surface area contributed by atoms with Crippen molar-refractivity contribution in [1.82, 2.24) is 5.32 Å². The topological polar surface area (TPSA) is 70.6 Å². The Morgan fingerprint density at radius 1 is 1.35 bits per heavy atom. The van der Waals surface area contributed by atoms with Crippen LogP contribution in [-0.4, -0.2) is 30.0 Å². The first kappa shape index (κ1) is 16.3. The summed E-state index contributed by atoms with van der Waals surface area (Å²) in [7, 11) is 0. The number of hydrogen-bond acceptors (Lipinski definition) is 4. The van der Waals surface area contributed by atoms with Crippen molar-refractivity contribution in [2.45, 2.75) is 39.3 Å². The van der Waals surface area contributed by atoms with Gasteiger partial charge in [-0.05, 0) is 44.9 Å². The van der Waals surface area contributed by atoms with E-state index in [2.05, 4.69) is 10.6 Å². The van der Waals surface area contributed by atoms with Crippen LogP contribution in [0.3, 0.4) is 0 Å². The minimum Gasteiger partial charge on any atom is -0.444 e. The molecule has 0 radical (unpaired) electrons. The highest BCUT2D eigenvalue weighted by atomic mass is 16.6. The maximum Gasteiger partial charge on any atom is 0.407 e. The summed E-state index contributed by atoms with van der Waals surface area (Å²) in [4.78, 5) is 11.6. The molecule has 0 bridgehead atoms. The van der Waals surface area contributed by atoms with Crippen LogP contribution >= 0.6 is 0 Å². The summed E-state index contributed by atoms with van der Waals surface area (Å²) in [5, 5.41) is 14.7. The summed E-state index contributed by atoms with van der Waals surface area (Å²) >= 11 is 0. The fraction of sp³-hybridized carbons (Fsp3) is 0.533. The maximum absolute atomic E-state index is 11.6. The van der Waals surface area contributed by atoms with E-state index in [9.17, 15) is 4.79 Å². The highest BCUT2D eigenvalue weighted by Gasteiger charge is 2.15. The Balaban J connectivity index is 2.44. The van der Waals surface area contributed by atoms with Crippen LogP contribution in [0.2, 0.25) is 0 Å². The van der Waals surface area contributed by atoms with Crippen LogP contribution in [0.15, 0.2) is 24.3 Å². The average Bonchev–Trinajstić information content (AvgIpc) is 2.35. The van der Waals surface area contributed by atoms with Crippen molar-refractivity contribution in [3.8, 4) is 0 Å². The van der Waals surface area contributed by atoms with Gasteiger partial charge >= 0.3 is 6.09 Å². The van der Waals surface area contributed by atoms with E-state index in [0.29, 0.717) is 13.0 Å². The number of benzene rings is 1. The quantitative estimate of drug-likeness (QED) is 0.700. The van der Waals surface area contributed by atoms with Gasteiger partial charge < -0.3 is 20.5 Å². The molecule has 0 unspecified atom stereocenters. The first-order valence-electron chi connectivity index (χ1n) is 6.81. The minimum absolute atomic E-state index is 0.174. The fourth-order valence-electron chi connectivity index (χ4n) is 1.59. The van der Waals surface area contributed by atoms with Gasteiger partial charge in [0.1, 0.15) is 5.60 Å². The third-order valence-corrected chi connectivity index (χ3v) is 2.43. The number of amides is 1. The van der Waals surface area contributed by atoms with E-state index in [0.717, 1.165) is 17.8 Å². The van der Waals surface area contributed by atoms with Crippen LogP contribution < -0.4 is 10.6 Å². The standard InChI is InChI=1S/C15H24N2O3/c1-15(2,3)20-14(19)17-11-12-6-4-7-13(10-12)16-8-5-9-18/h4,6-7,10,16,18H,5,8-9,11H2,1-3H3,(H,17,19). The molecule has 1 aromatic rings. The van der Waals surface area contributed by atoms with Gasteiger partial charge in [0, 0.05) is 25.4 Å². The molecule has 0 aliphatic heterocycles. The predicted molar refractivity (Wildman–Crippen MR) is 79.7 cm³/mol. The monoisotopic (exact) mass is 280 g/mol. The smallest absolute Gasteiger partial charge is 0.407 e. The molecule has 3 N–H and O–H groups in total. The van der Waals surface area contributed by atoms with Crippen molar-refractivity contribution in [3.05, 3.63) is 29.8 Å². The molecular formula is C15H24N2O3. The molecule has 0 saturated carbocycles. The number of hydrogen-bond donors (Lipinski definition) is 3. The molecule has 5 heteroatoms. The van der Waals surface area contributed by atoms with Crippen LogP contribution in [0.1, 0.15) is 32.8 Å². The van der Waals surface area contributed by atoms with Gasteiger partial charge in [0.05, 0.1) is 0 Å². The number of carbonyl (C=O) groups excluding carboxylic acids is 1. The summed E-state index contributed by atoms with van der Waals surface area (Å²) in [5.41, 5.74) is 1.48. The van der Waals surface area contributed by atoms with E-state index in [1.165, 1.54) is 0 Å². The summed E-state index contributed by atoms with van der Waals surface area (Å²) in [6, 6.07) is 7.78. The number of anilines is 1. The molecule has 0 atom stereocenters. The molecule has 0 heterocycles. The molecule has 112 valence electrons. The Labute approximate surface area is 120 Å². The lowest BCUT2D eigenvalue weighted by Gasteiger charge is -2.19. The summed E-state index contributed by atoms with van der Waals surface area (Å²) < 4.78 is 5.18. The van der Waals surface area contributed by atoms with E-state index in [1.807, 2.05) is 45.0 Å². The molecule has 1 aromatic carbocycles. The Bertz CT molecular complexity index is 427. The Hall–Kier alpha value is -1.75. The molecule has 0 aromatic heterocycles. The number of ether oxygens (including phenoxy) is 1. The van der Waals surface area contributed by atoms with E-state index in [4.69, 9.17) is 9.84 Å². The van der Waals surface area contributed by atoms with Crippen molar-refractivity contribution in [2.24, 2.45) is 0 Å². The molecule has 0 spiro atoms. The van der Waals surface area contributed by atoms with Gasteiger partial charge in [-0.3, -0.25) is 0 Å². The molecule has 1 rings (SSSR count). The van der Waals surface area contributed by atoms with Crippen LogP contribution in [0.4, 0.5) is 10.5 Å². The second-order valence-corrected chi connectivity index (χ2v) is 5.56. The number of nitrogens with one attached hydrogen (secondary N) is 2. The third-order valence-electron chi connectivity index (χ3n) is 2.43. The van der Waals surface area contributed by atoms with Gasteiger partial charge in [-0.1, -0.05) is 12.1 Å². The van der Waals surface area contributed by atoms with Gasteiger partial charge in [0.2, 0.25) is 0 Å². The molecule has 5 nitrogen and oxygen atoms in total. The van der Waals surface area contributed by atoms with Gasteiger partial charge in [0.25, 0.3) is 0 Å². The molecule has 0 aliphatic carbocycles. The number of rotatable bonds is 6. The lowest BCUT2D eigenvalue weighted by atomic mass is 10.2. The molecule has 20 heavy (non-hydrogen) atoms. The number of carbonyl (C=O) groups is 1. The summed E-state index contributed by atoms with van der Waals surface area (Å²) in [6.45, 7) is 6.81. The SMILES string of the molecule is CC(C)(C)OC(=O)NCc1cccc(NCCCO)c1. The van der Waals surface area contributed by atoms with Gasteiger partial charge in [-0.15, -0.1) is 0 Å². The summed E-state index contributed by atoms with van der Waals surface area (Å²) in [5.74, 6) is 0. The largest absolute Gasteiger partial charge is 0.444 e. The van der Waals surface area contributed by atoms with Crippen molar-refractivity contribution in [3.63, 3.8) is 0 Å². The zero-order chi connectivity index (χ0) is 15.0. The van der Waals surface area contributed by atoms with Gasteiger partial charge in [0.15, 0.2) is 0 Å². The highest BCUT2D eigenvalue weighted by molar-refractivity contribution is 5.67. The van der Waals surface area contributed by atoms with Gasteiger partial charge in [-0.25, -0.2) is 4.79 Å². The third kappa shape index (κ3) is 6.99. The van der Waals surface area contributed by atoms with Crippen LogP contribution in [0.25, 0.3) is 0 Å². The van der Waals surface area contributed by atoms with Crippen molar-refractivity contribution >= 4 is 11.8 Å². The number of alkyl carbamates (subject to hydrolysis) is 1. The first-order valence-corrected chi connectivity index (χ1v) is 6.81. The zero-order valence-corrected chi connectivity index (χ0v) is 12.4. The lowest BCUT2D eigenvalue weighted by molar-refractivity contribution is 0.0523. The zero-order valence-electron chi connectivity index (χ0n) is 12.4. The molecule has 0 saturated heterocycles. The van der Waals surface area contributed by atoms with Crippen molar-refractivity contribution in [2.75, 3.05) is 18.5 Å². The van der Waals surface area contributed by atoms with Crippen molar-refractivity contribution < 1.29 is 14.6 Å². The second kappa shape index (κ2) is 7.75. The van der Waals surface area contributed by atoms with E-state index < -0.39 is 11.7 Å². The second-order valence-electron chi connectivity index (χ2n) is 5.56. The number of aliphatic hydroxyl groups is 1. The number of aliphatic hydroxyl groups excluding tert-OH is 1. The maximum atomic E-state index is 11.6. The van der Waals surface area contributed by atoms with Crippen molar-refractivity contribution in [1.29, 1.82) is 0 Å². The molecule has 1 amide bonds. The molecule has 0 aliphatic rings. The highest BCUT2D eigenvalue weighted by Crippen LogP contribution is 2.11. The fourth-order valence-corrected chi connectivity index (χ4v) is 1.59. The van der Waals surface area contributed by atoms with E-state index in [1.54, 1.807) is 0 Å². The van der Waals surface area contributed by atoms with E-state index in [-0.39, 0.29) is 6.61 Å². The predicted octanol–water partition coefficient (Wildman–Crippen LogP) is 2.51. The van der Waals surface area contributed by atoms with E-state index >= 15 is 0 Å². The molecular weight excluding hydrogens is 256 g/mol. The van der Waals surface area contributed by atoms with Crippen LogP contribution in [0, 0.1) is 0 Å². The molecule has 0 fully saturated rings. The first-order chi connectivity index (χ1) is 9.40. The Kier molecular flexibility index (Phi) is 6.31.